The van der Waals surface area contributed by atoms with Gasteiger partial charge in [-0.3, -0.25) is 4.79 Å². The van der Waals surface area contributed by atoms with Gasteiger partial charge in [-0.05, 0) is 37.1 Å². The van der Waals surface area contributed by atoms with Crippen molar-refractivity contribution in [2.24, 2.45) is 0 Å². The maximum absolute atomic E-state index is 12.6. The first kappa shape index (κ1) is 16.2. The molecule has 0 atom stereocenters. The van der Waals surface area contributed by atoms with Gasteiger partial charge in [-0.1, -0.05) is 24.3 Å². The van der Waals surface area contributed by atoms with Crippen LogP contribution in [0, 0.1) is 0 Å². The van der Waals surface area contributed by atoms with Crippen molar-refractivity contribution in [1.29, 1.82) is 0 Å². The van der Waals surface area contributed by atoms with E-state index in [0.29, 0.717) is 4.88 Å². The number of amides is 1. The van der Waals surface area contributed by atoms with E-state index in [-0.39, 0.29) is 16.8 Å². The molecule has 1 aliphatic rings. The van der Waals surface area contributed by atoms with E-state index in [2.05, 4.69) is 16.9 Å². The molecule has 23 heavy (non-hydrogen) atoms. The van der Waals surface area contributed by atoms with E-state index in [9.17, 15) is 13.2 Å². The van der Waals surface area contributed by atoms with Gasteiger partial charge in [0.05, 0.1) is 9.77 Å². The molecule has 3 rings (SSSR count). The summed E-state index contributed by atoms with van der Waals surface area (Å²) in [5.41, 5.74) is 2.56. The molecule has 0 saturated heterocycles. The largest absolute Gasteiger partial charge is 0.337 e. The van der Waals surface area contributed by atoms with E-state index >= 15 is 0 Å². The van der Waals surface area contributed by atoms with Gasteiger partial charge in [0.25, 0.3) is 5.91 Å². The van der Waals surface area contributed by atoms with E-state index in [0.717, 1.165) is 24.2 Å². The molecule has 0 unspecified atom stereocenters. The quantitative estimate of drug-likeness (QED) is 0.916. The predicted molar refractivity (Wildman–Crippen MR) is 90.3 cm³/mol. The second-order valence-corrected chi connectivity index (χ2v) is 8.40. The summed E-state index contributed by atoms with van der Waals surface area (Å²) >= 11 is 1.16. The van der Waals surface area contributed by atoms with Crippen molar-refractivity contribution in [3.8, 4) is 0 Å². The molecule has 122 valence electrons. The van der Waals surface area contributed by atoms with E-state index in [4.69, 9.17) is 0 Å². The zero-order valence-corrected chi connectivity index (χ0v) is 14.6. The van der Waals surface area contributed by atoms with Crippen LogP contribution in [0.4, 0.5) is 0 Å². The predicted octanol–water partition coefficient (Wildman–Crippen LogP) is 1.90. The Labute approximate surface area is 140 Å². The molecule has 0 fully saturated rings. The second-order valence-electron chi connectivity index (χ2n) is 5.60. The van der Waals surface area contributed by atoms with Crippen molar-refractivity contribution in [3.05, 3.63) is 51.7 Å². The molecular formula is C16H18N2O3S2. The molecule has 1 N–H and O–H groups in total. The maximum atomic E-state index is 12.6. The van der Waals surface area contributed by atoms with E-state index < -0.39 is 10.0 Å². The van der Waals surface area contributed by atoms with Gasteiger partial charge in [-0.2, -0.15) is 0 Å². The molecule has 7 heteroatoms. The van der Waals surface area contributed by atoms with Crippen LogP contribution in [0.15, 0.2) is 40.6 Å². The first-order chi connectivity index (χ1) is 10.9. The minimum Gasteiger partial charge on any atom is -0.337 e. The Morgan fingerprint density at radius 2 is 1.87 bits per heavy atom. The summed E-state index contributed by atoms with van der Waals surface area (Å²) in [5.74, 6) is -0.134. The van der Waals surface area contributed by atoms with Crippen molar-refractivity contribution in [1.82, 2.24) is 9.62 Å². The fourth-order valence-electron chi connectivity index (χ4n) is 2.84. The highest BCUT2D eigenvalue weighted by Crippen LogP contribution is 2.27. The van der Waals surface area contributed by atoms with Gasteiger partial charge in [0, 0.05) is 18.5 Å². The third-order valence-corrected chi connectivity index (χ3v) is 6.72. The van der Waals surface area contributed by atoms with Gasteiger partial charge in [-0.15, -0.1) is 11.3 Å². The average molecular weight is 350 g/mol. The monoisotopic (exact) mass is 350 g/mol. The Balaban J connectivity index is 1.77. The van der Waals surface area contributed by atoms with Gasteiger partial charge in [0.15, 0.2) is 0 Å². The molecule has 0 radical (unpaired) electrons. The van der Waals surface area contributed by atoms with Gasteiger partial charge >= 0.3 is 0 Å². The number of sulfonamides is 1. The van der Waals surface area contributed by atoms with Gasteiger partial charge in [-0.25, -0.2) is 13.1 Å². The number of carbonyl (C=O) groups excluding carboxylic acids is 1. The Morgan fingerprint density at radius 3 is 2.43 bits per heavy atom. The Kier molecular flexibility index (Phi) is 4.27. The second kappa shape index (κ2) is 6.07. The van der Waals surface area contributed by atoms with Crippen LogP contribution in [0.25, 0.3) is 0 Å². The minimum absolute atomic E-state index is 0.117. The van der Waals surface area contributed by atoms with Crippen LogP contribution in [-0.4, -0.2) is 39.4 Å². The molecule has 1 aliphatic carbocycles. The van der Waals surface area contributed by atoms with Crippen LogP contribution >= 0.6 is 11.3 Å². The van der Waals surface area contributed by atoms with Crippen LogP contribution < -0.4 is 4.72 Å². The number of fused-ring (bicyclic) bond motifs is 1. The van der Waals surface area contributed by atoms with Gasteiger partial charge < -0.3 is 4.90 Å². The average Bonchev–Trinajstić information content (AvgIpc) is 3.20. The number of rotatable bonds is 4. The van der Waals surface area contributed by atoms with Crippen LogP contribution in [0.2, 0.25) is 0 Å². The number of nitrogens with zero attached hydrogens (tertiary/aromatic N) is 1. The number of nitrogens with one attached hydrogen (secondary N) is 1. The summed E-state index contributed by atoms with van der Waals surface area (Å²) in [6.07, 6.45) is 1.68. The molecule has 1 aromatic heterocycles. The molecule has 2 aromatic rings. The molecule has 1 aromatic carbocycles. The summed E-state index contributed by atoms with van der Waals surface area (Å²) in [5, 5.41) is 1.50. The fourth-order valence-corrected chi connectivity index (χ4v) is 4.82. The SMILES string of the molecule is CNS(=O)(=O)c1csc(C(=O)N(C)C2Cc3ccccc3C2)c1. The van der Waals surface area contributed by atoms with Crippen molar-refractivity contribution < 1.29 is 13.2 Å². The number of carbonyl (C=O) groups is 1. The molecule has 0 aliphatic heterocycles. The van der Waals surface area contributed by atoms with E-state index in [1.165, 1.54) is 29.6 Å². The summed E-state index contributed by atoms with van der Waals surface area (Å²) in [6.45, 7) is 0. The van der Waals surface area contributed by atoms with Crippen LogP contribution in [0.1, 0.15) is 20.8 Å². The fraction of sp³-hybridized carbons (Fsp3) is 0.312. The highest BCUT2D eigenvalue weighted by atomic mass is 32.2. The van der Waals surface area contributed by atoms with E-state index in [1.54, 1.807) is 11.9 Å². The van der Waals surface area contributed by atoms with Crippen molar-refractivity contribution >= 4 is 27.3 Å². The third-order valence-electron chi connectivity index (χ3n) is 4.26. The number of likely N-dealkylation sites (N-methyl/N-ethyl adjacent to an activating group) is 1. The Hall–Kier alpha value is -1.70. The van der Waals surface area contributed by atoms with Crippen molar-refractivity contribution in [2.45, 2.75) is 23.8 Å². The maximum Gasteiger partial charge on any atom is 0.263 e. The summed E-state index contributed by atoms with van der Waals surface area (Å²) in [7, 11) is -0.370. The van der Waals surface area contributed by atoms with Crippen LogP contribution in [0.5, 0.6) is 0 Å². The number of thiophene rings is 1. The number of benzene rings is 1. The molecule has 1 heterocycles. The molecule has 0 bridgehead atoms. The van der Waals surface area contributed by atoms with E-state index in [1.807, 2.05) is 12.1 Å². The highest BCUT2D eigenvalue weighted by Gasteiger charge is 2.29. The standard InChI is InChI=1S/C16H18N2O3S2/c1-17-23(20,21)14-9-15(22-10-14)16(19)18(2)13-7-11-5-3-4-6-12(11)8-13/h3-6,9-10,13,17H,7-8H2,1-2H3. The Morgan fingerprint density at radius 1 is 1.26 bits per heavy atom. The molecule has 0 spiro atoms. The lowest BCUT2D eigenvalue weighted by atomic mass is 10.1. The summed E-state index contributed by atoms with van der Waals surface area (Å²) in [4.78, 5) is 14.9. The van der Waals surface area contributed by atoms with Crippen molar-refractivity contribution in [3.63, 3.8) is 0 Å². The smallest absolute Gasteiger partial charge is 0.263 e. The molecular weight excluding hydrogens is 332 g/mol. The van der Waals surface area contributed by atoms with Crippen LogP contribution in [-0.2, 0) is 22.9 Å². The third kappa shape index (κ3) is 3.04. The molecule has 5 nitrogen and oxygen atoms in total. The van der Waals surface area contributed by atoms with Gasteiger partial charge in [0.2, 0.25) is 10.0 Å². The lowest BCUT2D eigenvalue weighted by Crippen LogP contribution is -2.37. The first-order valence-corrected chi connectivity index (χ1v) is 9.64. The molecule has 0 saturated carbocycles. The summed E-state index contributed by atoms with van der Waals surface area (Å²) < 4.78 is 25.8. The first-order valence-electron chi connectivity index (χ1n) is 7.28. The van der Waals surface area contributed by atoms with Gasteiger partial charge in [0.1, 0.15) is 0 Å². The zero-order valence-electron chi connectivity index (χ0n) is 12.9. The van der Waals surface area contributed by atoms with Crippen molar-refractivity contribution in [2.75, 3.05) is 14.1 Å². The molecule has 1 amide bonds. The lowest BCUT2D eigenvalue weighted by molar-refractivity contribution is 0.0742. The topological polar surface area (TPSA) is 66.5 Å². The highest BCUT2D eigenvalue weighted by molar-refractivity contribution is 7.89. The lowest BCUT2D eigenvalue weighted by Gasteiger charge is -2.23. The number of hydrogen-bond donors (Lipinski definition) is 1. The minimum atomic E-state index is -3.51. The summed E-state index contributed by atoms with van der Waals surface area (Å²) in [6, 6.07) is 9.77. The number of hydrogen-bond acceptors (Lipinski definition) is 4. The normalized spacial score (nSPS) is 14.7. The Bertz CT molecular complexity index is 818. The zero-order chi connectivity index (χ0) is 16.6. The van der Waals surface area contributed by atoms with Crippen LogP contribution in [0.3, 0.4) is 0 Å².